The molecule has 0 spiro atoms. The fraction of sp³-hybridized carbons (Fsp3) is 0.312. The van der Waals surface area contributed by atoms with Gasteiger partial charge < -0.3 is 10.1 Å². The first kappa shape index (κ1) is 16.7. The first-order valence-electron chi connectivity index (χ1n) is 7.09. The number of esters is 1. The molecule has 2 aromatic rings. The Morgan fingerprint density at radius 3 is 2.70 bits per heavy atom. The van der Waals surface area contributed by atoms with E-state index in [1.54, 1.807) is 32.2 Å². The number of rotatable bonds is 5. The third kappa shape index (κ3) is 3.74. The van der Waals surface area contributed by atoms with Crippen LogP contribution >= 0.6 is 0 Å². The van der Waals surface area contributed by atoms with Crippen molar-refractivity contribution in [2.75, 3.05) is 12.4 Å². The summed E-state index contributed by atoms with van der Waals surface area (Å²) in [7, 11) is 2.91. The van der Waals surface area contributed by atoms with Crippen LogP contribution in [0.25, 0.3) is 0 Å². The quantitative estimate of drug-likeness (QED) is 0.858. The average molecular weight is 319 g/mol. The maximum Gasteiger partial charge on any atom is 0.360 e. The van der Waals surface area contributed by atoms with Gasteiger partial charge in [-0.05, 0) is 25.0 Å². The van der Waals surface area contributed by atoms with Crippen molar-refractivity contribution in [1.82, 2.24) is 9.78 Å². The molecule has 0 bridgehead atoms. The van der Waals surface area contributed by atoms with Gasteiger partial charge in [0.1, 0.15) is 5.82 Å². The Labute approximate surface area is 133 Å². The molecule has 0 aliphatic rings. The predicted molar refractivity (Wildman–Crippen MR) is 82.6 cm³/mol. The Kier molecular flexibility index (Phi) is 5.10. The molecule has 6 nitrogen and oxygen atoms in total. The second-order valence-electron chi connectivity index (χ2n) is 5.06. The Balaban J connectivity index is 2.09. The van der Waals surface area contributed by atoms with Crippen LogP contribution in [-0.4, -0.2) is 28.8 Å². The summed E-state index contributed by atoms with van der Waals surface area (Å²) in [6.07, 6.45) is 0.362. The summed E-state index contributed by atoms with van der Waals surface area (Å²) in [6, 6.07) is 6.31. The topological polar surface area (TPSA) is 73.2 Å². The number of nitrogens with zero attached hydrogens (tertiary/aromatic N) is 2. The van der Waals surface area contributed by atoms with Crippen molar-refractivity contribution >= 4 is 17.6 Å². The highest BCUT2D eigenvalue weighted by atomic mass is 19.1. The fourth-order valence-electron chi connectivity index (χ4n) is 2.15. The number of anilines is 1. The maximum absolute atomic E-state index is 13.5. The smallest absolute Gasteiger partial charge is 0.360 e. The Morgan fingerprint density at radius 1 is 1.35 bits per heavy atom. The lowest BCUT2D eigenvalue weighted by molar-refractivity contribution is -0.116. The zero-order chi connectivity index (χ0) is 17.0. The molecule has 1 aromatic carbocycles. The first-order chi connectivity index (χ1) is 10.9. The van der Waals surface area contributed by atoms with E-state index in [-0.39, 0.29) is 30.3 Å². The number of carbonyl (C=O) groups excluding carboxylic acids is 2. The van der Waals surface area contributed by atoms with Gasteiger partial charge in [0.2, 0.25) is 5.91 Å². The Morgan fingerprint density at radius 2 is 2.04 bits per heavy atom. The number of aryl methyl sites for hydroxylation is 2. The van der Waals surface area contributed by atoms with Gasteiger partial charge in [0.15, 0.2) is 5.69 Å². The number of nitrogens with one attached hydrogen (secondary N) is 1. The number of methoxy groups -OCH3 is 1. The number of aromatic nitrogens is 2. The molecule has 1 N–H and O–H groups in total. The molecule has 0 aliphatic carbocycles. The van der Waals surface area contributed by atoms with Crippen LogP contribution in [0.2, 0.25) is 0 Å². The van der Waals surface area contributed by atoms with Crippen molar-refractivity contribution < 1.29 is 18.7 Å². The third-order valence-electron chi connectivity index (χ3n) is 3.56. The molecular weight excluding hydrogens is 301 g/mol. The molecular formula is C16H18FN3O3. The second-order valence-corrected chi connectivity index (χ2v) is 5.06. The summed E-state index contributed by atoms with van der Waals surface area (Å²) in [5.74, 6) is -1.29. The summed E-state index contributed by atoms with van der Waals surface area (Å²) in [5, 5.41) is 6.69. The highest BCUT2D eigenvalue weighted by molar-refractivity contribution is 6.00. The number of amides is 1. The molecule has 0 radical (unpaired) electrons. The van der Waals surface area contributed by atoms with E-state index < -0.39 is 5.97 Å². The van der Waals surface area contributed by atoms with Crippen LogP contribution < -0.4 is 5.32 Å². The largest absolute Gasteiger partial charge is 0.464 e. The van der Waals surface area contributed by atoms with Gasteiger partial charge in [-0.2, -0.15) is 5.10 Å². The van der Waals surface area contributed by atoms with Crippen molar-refractivity contribution in [2.24, 2.45) is 7.05 Å². The van der Waals surface area contributed by atoms with Crippen LogP contribution in [0.1, 0.15) is 28.2 Å². The summed E-state index contributed by atoms with van der Waals surface area (Å²) in [4.78, 5) is 23.8. The number of hydrogen-bond donors (Lipinski definition) is 1. The van der Waals surface area contributed by atoms with Crippen LogP contribution in [0.5, 0.6) is 0 Å². The average Bonchev–Trinajstić information content (AvgIpc) is 2.81. The minimum atomic E-state index is -0.627. The lowest BCUT2D eigenvalue weighted by Gasteiger charge is -2.07. The van der Waals surface area contributed by atoms with E-state index in [0.29, 0.717) is 16.9 Å². The summed E-state index contributed by atoms with van der Waals surface area (Å²) in [5.41, 5.74) is 1.47. The first-order valence-corrected chi connectivity index (χ1v) is 7.09. The molecule has 1 aromatic heterocycles. The highest BCUT2D eigenvalue weighted by Gasteiger charge is 2.21. The molecule has 7 heteroatoms. The van der Waals surface area contributed by atoms with Crippen LogP contribution in [0.3, 0.4) is 0 Å². The molecule has 0 aliphatic heterocycles. The van der Waals surface area contributed by atoms with E-state index >= 15 is 0 Å². The van der Waals surface area contributed by atoms with Gasteiger partial charge in [-0.1, -0.05) is 18.2 Å². The molecule has 122 valence electrons. The standard InChI is InChI=1S/C16H18FN3O3/c1-10-14(15(16(22)23-3)19-20(10)2)18-13(21)9-8-11-6-4-5-7-12(11)17/h4-7H,8-9H2,1-3H3,(H,18,21). The van der Waals surface area contributed by atoms with Gasteiger partial charge >= 0.3 is 5.97 Å². The minimum Gasteiger partial charge on any atom is -0.464 e. The Hall–Kier alpha value is -2.70. The van der Waals surface area contributed by atoms with E-state index in [4.69, 9.17) is 0 Å². The summed E-state index contributed by atoms with van der Waals surface area (Å²) < 4.78 is 19.7. The summed E-state index contributed by atoms with van der Waals surface area (Å²) in [6.45, 7) is 1.73. The van der Waals surface area contributed by atoms with Gasteiger partial charge in [-0.3, -0.25) is 9.48 Å². The minimum absolute atomic E-state index is 0.0479. The SMILES string of the molecule is COC(=O)c1nn(C)c(C)c1NC(=O)CCc1ccccc1F. The number of ether oxygens (including phenoxy) is 1. The van der Waals surface area contributed by atoms with Gasteiger partial charge in [0.05, 0.1) is 18.5 Å². The van der Waals surface area contributed by atoms with E-state index in [9.17, 15) is 14.0 Å². The number of halogens is 1. The van der Waals surface area contributed by atoms with Gasteiger partial charge in [-0.15, -0.1) is 0 Å². The van der Waals surface area contributed by atoms with Gasteiger partial charge in [0.25, 0.3) is 0 Å². The molecule has 0 atom stereocenters. The number of hydrogen-bond acceptors (Lipinski definition) is 4. The second kappa shape index (κ2) is 7.04. The number of carbonyl (C=O) groups is 2. The highest BCUT2D eigenvalue weighted by Crippen LogP contribution is 2.21. The molecule has 0 fully saturated rings. The zero-order valence-electron chi connectivity index (χ0n) is 13.2. The fourth-order valence-corrected chi connectivity index (χ4v) is 2.15. The lowest BCUT2D eigenvalue weighted by Crippen LogP contribution is -2.16. The molecule has 23 heavy (non-hydrogen) atoms. The van der Waals surface area contributed by atoms with E-state index in [1.165, 1.54) is 17.9 Å². The van der Waals surface area contributed by atoms with E-state index in [2.05, 4.69) is 15.2 Å². The van der Waals surface area contributed by atoms with Gasteiger partial charge in [-0.25, -0.2) is 9.18 Å². The maximum atomic E-state index is 13.5. The van der Waals surface area contributed by atoms with Crippen molar-refractivity contribution in [3.63, 3.8) is 0 Å². The molecule has 0 saturated carbocycles. The Bertz CT molecular complexity index is 740. The van der Waals surface area contributed by atoms with Crippen molar-refractivity contribution in [3.8, 4) is 0 Å². The number of benzene rings is 1. The molecule has 1 heterocycles. The normalized spacial score (nSPS) is 10.4. The van der Waals surface area contributed by atoms with Crippen molar-refractivity contribution in [2.45, 2.75) is 19.8 Å². The van der Waals surface area contributed by atoms with Crippen LogP contribution in [0, 0.1) is 12.7 Å². The van der Waals surface area contributed by atoms with Crippen LogP contribution in [0.4, 0.5) is 10.1 Å². The third-order valence-corrected chi connectivity index (χ3v) is 3.56. The monoisotopic (exact) mass is 319 g/mol. The predicted octanol–water partition coefficient (Wildman–Crippen LogP) is 2.23. The van der Waals surface area contributed by atoms with Crippen LogP contribution in [0.15, 0.2) is 24.3 Å². The van der Waals surface area contributed by atoms with Crippen molar-refractivity contribution in [3.05, 3.63) is 47.0 Å². The zero-order valence-corrected chi connectivity index (χ0v) is 13.2. The van der Waals surface area contributed by atoms with E-state index in [1.807, 2.05) is 0 Å². The molecule has 0 saturated heterocycles. The summed E-state index contributed by atoms with van der Waals surface area (Å²) >= 11 is 0. The molecule has 0 unspecified atom stereocenters. The lowest BCUT2D eigenvalue weighted by atomic mass is 10.1. The van der Waals surface area contributed by atoms with E-state index in [0.717, 1.165) is 0 Å². The molecule has 2 rings (SSSR count). The van der Waals surface area contributed by atoms with Gasteiger partial charge in [0, 0.05) is 13.5 Å². The molecule has 1 amide bonds. The van der Waals surface area contributed by atoms with Crippen LogP contribution in [-0.2, 0) is 23.0 Å². The van der Waals surface area contributed by atoms with Crippen molar-refractivity contribution in [1.29, 1.82) is 0 Å².